The zero-order valence-electron chi connectivity index (χ0n) is 7.33. The molecular formula is C7H11ClN2O3. The van der Waals surface area contributed by atoms with Gasteiger partial charge in [-0.05, 0) is 11.6 Å². The Hall–Kier alpha value is -0.650. The molecule has 0 atom stereocenters. The van der Waals surface area contributed by atoms with Crippen LogP contribution < -0.4 is 0 Å². The van der Waals surface area contributed by atoms with Crippen molar-refractivity contribution in [3.05, 3.63) is 11.2 Å². The highest BCUT2D eigenvalue weighted by Gasteiger charge is 2.02. The Labute approximate surface area is 81.0 Å². The van der Waals surface area contributed by atoms with Gasteiger partial charge in [-0.2, -0.15) is 4.98 Å². The molecule has 6 heteroatoms. The average Bonchev–Trinajstić information content (AvgIpc) is 2.51. The minimum atomic E-state index is 0.0619. The first-order chi connectivity index (χ1) is 6.33. The van der Waals surface area contributed by atoms with E-state index in [9.17, 15) is 0 Å². The number of halogens is 1. The van der Waals surface area contributed by atoms with Crippen LogP contribution in [-0.4, -0.2) is 37.1 Å². The fourth-order valence-corrected chi connectivity index (χ4v) is 0.874. The molecule has 0 spiro atoms. The SMILES string of the molecule is COCCOCCc1noc(Cl)n1. The molecule has 74 valence electrons. The van der Waals surface area contributed by atoms with Gasteiger partial charge in [0, 0.05) is 13.5 Å². The van der Waals surface area contributed by atoms with Gasteiger partial charge in [0.1, 0.15) is 0 Å². The number of hydrogen-bond acceptors (Lipinski definition) is 5. The van der Waals surface area contributed by atoms with Crippen LogP contribution in [0, 0.1) is 0 Å². The van der Waals surface area contributed by atoms with Crippen LogP contribution in [0.15, 0.2) is 4.52 Å². The minimum Gasteiger partial charge on any atom is -0.382 e. The van der Waals surface area contributed by atoms with E-state index >= 15 is 0 Å². The molecule has 0 saturated carbocycles. The molecule has 1 rings (SSSR count). The summed E-state index contributed by atoms with van der Waals surface area (Å²) < 4.78 is 14.6. The average molecular weight is 207 g/mol. The van der Waals surface area contributed by atoms with Gasteiger partial charge >= 0.3 is 5.35 Å². The Morgan fingerprint density at radius 1 is 1.38 bits per heavy atom. The van der Waals surface area contributed by atoms with E-state index in [0.29, 0.717) is 32.1 Å². The summed E-state index contributed by atoms with van der Waals surface area (Å²) in [4.78, 5) is 3.80. The molecule has 0 amide bonds. The first-order valence-electron chi connectivity index (χ1n) is 3.87. The third kappa shape index (κ3) is 4.21. The van der Waals surface area contributed by atoms with Crippen LogP contribution >= 0.6 is 11.6 Å². The second kappa shape index (κ2) is 5.90. The zero-order valence-corrected chi connectivity index (χ0v) is 8.08. The second-order valence-corrected chi connectivity index (χ2v) is 2.64. The van der Waals surface area contributed by atoms with Crippen molar-refractivity contribution in [1.29, 1.82) is 0 Å². The quantitative estimate of drug-likeness (QED) is 0.648. The van der Waals surface area contributed by atoms with Gasteiger partial charge in [-0.1, -0.05) is 5.16 Å². The van der Waals surface area contributed by atoms with Gasteiger partial charge in [-0.15, -0.1) is 0 Å². The normalized spacial score (nSPS) is 10.6. The maximum atomic E-state index is 5.42. The number of aromatic nitrogens is 2. The number of nitrogens with zero attached hydrogens (tertiary/aromatic N) is 2. The molecule has 0 saturated heterocycles. The van der Waals surface area contributed by atoms with Crippen molar-refractivity contribution < 1.29 is 14.0 Å². The van der Waals surface area contributed by atoms with Gasteiger partial charge in [-0.3, -0.25) is 0 Å². The molecule has 1 aromatic heterocycles. The van der Waals surface area contributed by atoms with Gasteiger partial charge in [0.25, 0.3) is 0 Å². The van der Waals surface area contributed by atoms with Gasteiger partial charge in [0.15, 0.2) is 5.82 Å². The Morgan fingerprint density at radius 2 is 2.23 bits per heavy atom. The Morgan fingerprint density at radius 3 is 2.85 bits per heavy atom. The smallest absolute Gasteiger partial charge is 0.320 e. The fourth-order valence-electron chi connectivity index (χ4n) is 0.742. The summed E-state index contributed by atoms with van der Waals surface area (Å²) in [7, 11) is 1.63. The molecular weight excluding hydrogens is 196 g/mol. The van der Waals surface area contributed by atoms with E-state index in [1.54, 1.807) is 7.11 Å². The molecule has 1 aromatic rings. The van der Waals surface area contributed by atoms with Crippen molar-refractivity contribution in [1.82, 2.24) is 10.1 Å². The molecule has 13 heavy (non-hydrogen) atoms. The lowest BCUT2D eigenvalue weighted by atomic mass is 10.4. The van der Waals surface area contributed by atoms with E-state index in [4.69, 9.17) is 21.1 Å². The summed E-state index contributed by atoms with van der Waals surface area (Å²) in [5, 5.41) is 3.67. The van der Waals surface area contributed by atoms with Crippen LogP contribution in [0.25, 0.3) is 0 Å². The van der Waals surface area contributed by atoms with Gasteiger partial charge in [0.05, 0.1) is 19.8 Å². The zero-order chi connectivity index (χ0) is 9.52. The molecule has 0 fully saturated rings. The number of rotatable bonds is 6. The fraction of sp³-hybridized carbons (Fsp3) is 0.714. The van der Waals surface area contributed by atoms with Crippen molar-refractivity contribution >= 4 is 11.6 Å². The molecule has 0 bridgehead atoms. The second-order valence-electron chi connectivity index (χ2n) is 2.32. The molecule has 0 aliphatic rings. The first kappa shape index (κ1) is 10.4. The summed E-state index contributed by atoms with van der Waals surface area (Å²) in [5.41, 5.74) is 0. The van der Waals surface area contributed by atoms with Crippen molar-refractivity contribution in [3.8, 4) is 0 Å². The number of hydrogen-bond donors (Lipinski definition) is 0. The summed E-state index contributed by atoms with van der Waals surface area (Å²) in [6.45, 7) is 1.70. The standard InChI is InChI=1S/C7H11ClN2O3/c1-11-4-5-12-3-2-6-9-7(8)13-10-6/h2-5H2,1H3. The maximum Gasteiger partial charge on any atom is 0.320 e. The molecule has 0 N–H and O–H groups in total. The summed E-state index contributed by atoms with van der Waals surface area (Å²) in [5.74, 6) is 0.558. The highest BCUT2D eigenvalue weighted by atomic mass is 35.5. The van der Waals surface area contributed by atoms with E-state index in [1.807, 2.05) is 0 Å². The van der Waals surface area contributed by atoms with E-state index in [-0.39, 0.29) is 5.35 Å². The van der Waals surface area contributed by atoms with Crippen molar-refractivity contribution in [2.24, 2.45) is 0 Å². The summed E-state index contributed by atoms with van der Waals surface area (Å²) >= 11 is 5.42. The van der Waals surface area contributed by atoms with Crippen LogP contribution in [0.1, 0.15) is 5.82 Å². The van der Waals surface area contributed by atoms with Crippen molar-refractivity contribution in [3.63, 3.8) is 0 Å². The highest BCUT2D eigenvalue weighted by Crippen LogP contribution is 2.03. The lowest BCUT2D eigenvalue weighted by molar-refractivity contribution is 0.0714. The van der Waals surface area contributed by atoms with Crippen molar-refractivity contribution in [2.45, 2.75) is 6.42 Å². The first-order valence-corrected chi connectivity index (χ1v) is 4.25. The van der Waals surface area contributed by atoms with Crippen LogP contribution in [-0.2, 0) is 15.9 Å². The van der Waals surface area contributed by atoms with Crippen molar-refractivity contribution in [2.75, 3.05) is 26.9 Å². The minimum absolute atomic E-state index is 0.0619. The topological polar surface area (TPSA) is 57.4 Å². The Balaban J connectivity index is 2.06. The van der Waals surface area contributed by atoms with Crippen LogP contribution in [0.4, 0.5) is 0 Å². The highest BCUT2D eigenvalue weighted by molar-refractivity contribution is 6.27. The predicted octanol–water partition coefficient (Wildman–Crippen LogP) is 0.929. The Bertz CT molecular complexity index is 241. The van der Waals surface area contributed by atoms with Gasteiger partial charge in [-0.25, -0.2) is 0 Å². The summed E-state index contributed by atoms with van der Waals surface area (Å²) in [6.07, 6.45) is 0.597. The van der Waals surface area contributed by atoms with Crippen LogP contribution in [0.3, 0.4) is 0 Å². The lowest BCUT2D eigenvalue weighted by Crippen LogP contribution is -2.05. The summed E-state index contributed by atoms with van der Waals surface area (Å²) in [6, 6.07) is 0. The number of methoxy groups -OCH3 is 1. The largest absolute Gasteiger partial charge is 0.382 e. The van der Waals surface area contributed by atoms with Crippen LogP contribution in [0.2, 0.25) is 5.35 Å². The molecule has 0 radical (unpaired) electrons. The molecule has 5 nitrogen and oxygen atoms in total. The maximum absolute atomic E-state index is 5.42. The van der Waals surface area contributed by atoms with Gasteiger partial charge in [0.2, 0.25) is 0 Å². The molecule has 0 unspecified atom stereocenters. The molecule has 0 aliphatic carbocycles. The van der Waals surface area contributed by atoms with Crippen LogP contribution in [0.5, 0.6) is 0 Å². The third-order valence-corrected chi connectivity index (χ3v) is 1.50. The lowest BCUT2D eigenvalue weighted by Gasteiger charge is -1.99. The van der Waals surface area contributed by atoms with E-state index in [2.05, 4.69) is 14.7 Å². The Kier molecular flexibility index (Phi) is 4.74. The molecule has 0 aliphatic heterocycles. The van der Waals surface area contributed by atoms with Gasteiger partial charge < -0.3 is 14.0 Å². The molecule has 1 heterocycles. The monoisotopic (exact) mass is 206 g/mol. The van der Waals surface area contributed by atoms with E-state index < -0.39 is 0 Å². The van der Waals surface area contributed by atoms with E-state index in [1.165, 1.54) is 0 Å². The molecule has 0 aromatic carbocycles. The van der Waals surface area contributed by atoms with E-state index in [0.717, 1.165) is 0 Å². The number of ether oxygens (including phenoxy) is 2. The third-order valence-electron chi connectivity index (χ3n) is 1.35. The predicted molar refractivity (Wildman–Crippen MR) is 45.7 cm³/mol.